The number of carbonyl (C=O) groups is 2. The number of hydrogen-bond acceptors (Lipinski definition) is 3. The molecule has 3 fully saturated rings. The number of imide groups is 1. The zero-order valence-corrected chi connectivity index (χ0v) is 12.1. The molecule has 3 aliphatic rings. The molecule has 1 atom stereocenters. The number of amides is 3. The van der Waals surface area contributed by atoms with Crippen LogP contribution in [0.2, 0.25) is 0 Å². The molecule has 2 aliphatic heterocycles. The van der Waals surface area contributed by atoms with Gasteiger partial charge in [-0.3, -0.25) is 14.6 Å². The Morgan fingerprint density at radius 2 is 1.90 bits per heavy atom. The number of rotatable bonds is 3. The lowest BCUT2D eigenvalue weighted by Crippen LogP contribution is -2.45. The maximum Gasteiger partial charge on any atom is 0.324 e. The summed E-state index contributed by atoms with van der Waals surface area (Å²) in [5, 5.41) is 2.70. The summed E-state index contributed by atoms with van der Waals surface area (Å²) in [4.78, 5) is 27.5. The van der Waals surface area contributed by atoms with Gasteiger partial charge in [0.1, 0.15) is 0 Å². The van der Waals surface area contributed by atoms with Gasteiger partial charge < -0.3 is 5.32 Å². The van der Waals surface area contributed by atoms with Crippen molar-refractivity contribution in [2.75, 3.05) is 26.2 Å². The molecule has 3 amide bonds. The van der Waals surface area contributed by atoms with Gasteiger partial charge in [0.2, 0.25) is 5.91 Å². The minimum Gasteiger partial charge on any atom is -0.336 e. The van der Waals surface area contributed by atoms with E-state index >= 15 is 0 Å². The monoisotopic (exact) mass is 279 g/mol. The van der Waals surface area contributed by atoms with E-state index in [4.69, 9.17) is 0 Å². The van der Waals surface area contributed by atoms with Crippen LogP contribution in [0.1, 0.15) is 44.9 Å². The van der Waals surface area contributed by atoms with Crippen molar-refractivity contribution in [3.8, 4) is 0 Å². The zero-order chi connectivity index (χ0) is 13.9. The van der Waals surface area contributed by atoms with Gasteiger partial charge in [0.05, 0.1) is 6.54 Å². The molecule has 0 bridgehead atoms. The molecule has 0 aromatic heterocycles. The van der Waals surface area contributed by atoms with E-state index in [1.165, 1.54) is 49.8 Å². The molecule has 3 rings (SSSR count). The third-order valence-corrected chi connectivity index (χ3v) is 5.10. The van der Waals surface area contributed by atoms with Crippen LogP contribution in [0.3, 0.4) is 0 Å². The molecule has 2 heterocycles. The third-order valence-electron chi connectivity index (χ3n) is 5.10. The van der Waals surface area contributed by atoms with E-state index < -0.39 is 0 Å². The van der Waals surface area contributed by atoms with Crippen molar-refractivity contribution in [1.29, 1.82) is 0 Å². The number of hydrogen-bond donors (Lipinski definition) is 1. The Hall–Kier alpha value is -1.10. The molecule has 0 radical (unpaired) electrons. The van der Waals surface area contributed by atoms with E-state index in [-0.39, 0.29) is 11.9 Å². The van der Waals surface area contributed by atoms with Crippen molar-refractivity contribution < 1.29 is 9.59 Å². The molecular formula is C15H25N3O2. The lowest BCUT2D eigenvalue weighted by atomic mass is 9.83. The Bertz CT molecular complexity index is 379. The van der Waals surface area contributed by atoms with Crippen LogP contribution in [-0.4, -0.2) is 54.0 Å². The van der Waals surface area contributed by atoms with Crippen LogP contribution in [0.4, 0.5) is 4.79 Å². The molecule has 0 aromatic rings. The van der Waals surface area contributed by atoms with Crippen molar-refractivity contribution in [3.63, 3.8) is 0 Å². The van der Waals surface area contributed by atoms with Gasteiger partial charge >= 0.3 is 6.03 Å². The number of carbonyl (C=O) groups excluding carboxylic acids is 2. The smallest absolute Gasteiger partial charge is 0.324 e. The topological polar surface area (TPSA) is 52.7 Å². The van der Waals surface area contributed by atoms with Gasteiger partial charge in [-0.1, -0.05) is 19.3 Å². The van der Waals surface area contributed by atoms with Gasteiger partial charge in [-0.2, -0.15) is 0 Å². The molecular weight excluding hydrogens is 254 g/mol. The summed E-state index contributed by atoms with van der Waals surface area (Å²) >= 11 is 0. The second kappa shape index (κ2) is 6.12. The van der Waals surface area contributed by atoms with Crippen LogP contribution in [0.5, 0.6) is 0 Å². The van der Waals surface area contributed by atoms with E-state index in [9.17, 15) is 9.59 Å². The first-order valence-corrected chi connectivity index (χ1v) is 8.08. The van der Waals surface area contributed by atoms with Gasteiger partial charge in [0.25, 0.3) is 0 Å². The quantitative estimate of drug-likeness (QED) is 0.853. The molecule has 1 N–H and O–H groups in total. The first-order chi connectivity index (χ1) is 9.75. The standard InChI is InChI=1S/C15H25N3O2/c19-14(18-10-8-16-15(18)20)11-17-9-4-7-13(17)12-5-2-1-3-6-12/h12-13H,1-11H2,(H,16,20). The van der Waals surface area contributed by atoms with E-state index in [1.54, 1.807) is 0 Å². The third kappa shape index (κ3) is 2.82. The Kier molecular flexibility index (Phi) is 4.24. The van der Waals surface area contributed by atoms with E-state index in [2.05, 4.69) is 10.2 Å². The normalized spacial score (nSPS) is 28.9. The summed E-state index contributed by atoms with van der Waals surface area (Å²) in [7, 11) is 0. The van der Waals surface area contributed by atoms with Crippen LogP contribution < -0.4 is 5.32 Å². The summed E-state index contributed by atoms with van der Waals surface area (Å²) in [6.07, 6.45) is 9.12. The van der Waals surface area contributed by atoms with Crippen molar-refractivity contribution in [1.82, 2.24) is 15.1 Å². The average Bonchev–Trinajstić information content (AvgIpc) is 3.08. The van der Waals surface area contributed by atoms with Gasteiger partial charge in [-0.05, 0) is 38.1 Å². The molecule has 2 saturated heterocycles. The van der Waals surface area contributed by atoms with Crippen LogP contribution in [0.25, 0.3) is 0 Å². The van der Waals surface area contributed by atoms with Crippen molar-refractivity contribution in [2.45, 2.75) is 51.0 Å². The molecule has 5 nitrogen and oxygen atoms in total. The second-order valence-corrected chi connectivity index (χ2v) is 6.36. The lowest BCUT2D eigenvalue weighted by molar-refractivity contribution is -0.129. The Morgan fingerprint density at radius 1 is 1.10 bits per heavy atom. The first-order valence-electron chi connectivity index (χ1n) is 8.08. The molecule has 5 heteroatoms. The molecule has 1 aliphatic carbocycles. The predicted octanol–water partition coefficient (Wildman–Crippen LogP) is 1.58. The maximum atomic E-state index is 12.3. The van der Waals surface area contributed by atoms with Crippen LogP contribution >= 0.6 is 0 Å². The van der Waals surface area contributed by atoms with Crippen LogP contribution in [0, 0.1) is 5.92 Å². The molecule has 20 heavy (non-hydrogen) atoms. The summed E-state index contributed by atoms with van der Waals surface area (Å²) in [6, 6.07) is 0.355. The second-order valence-electron chi connectivity index (χ2n) is 6.36. The van der Waals surface area contributed by atoms with E-state index in [0.29, 0.717) is 25.7 Å². The highest BCUT2D eigenvalue weighted by Gasteiger charge is 2.35. The summed E-state index contributed by atoms with van der Waals surface area (Å²) < 4.78 is 0. The van der Waals surface area contributed by atoms with Gasteiger partial charge in [-0.15, -0.1) is 0 Å². The van der Waals surface area contributed by atoms with Crippen LogP contribution in [0.15, 0.2) is 0 Å². The minimum atomic E-state index is -0.219. The Morgan fingerprint density at radius 3 is 2.60 bits per heavy atom. The molecule has 0 aromatic carbocycles. The maximum absolute atomic E-state index is 12.3. The SMILES string of the molecule is O=C(CN1CCCC1C1CCCCC1)N1CCNC1=O. The summed E-state index contributed by atoms with van der Waals surface area (Å²) in [5.41, 5.74) is 0. The highest BCUT2D eigenvalue weighted by atomic mass is 16.2. The van der Waals surface area contributed by atoms with Gasteiger partial charge in [0, 0.05) is 19.1 Å². The Balaban J connectivity index is 1.58. The highest BCUT2D eigenvalue weighted by Crippen LogP contribution is 2.34. The highest BCUT2D eigenvalue weighted by molar-refractivity contribution is 5.96. The van der Waals surface area contributed by atoms with Crippen molar-refractivity contribution >= 4 is 11.9 Å². The summed E-state index contributed by atoms with van der Waals surface area (Å²) in [6.45, 7) is 2.56. The van der Waals surface area contributed by atoms with Crippen molar-refractivity contribution in [3.05, 3.63) is 0 Å². The molecule has 0 spiro atoms. The number of nitrogens with zero attached hydrogens (tertiary/aromatic N) is 2. The lowest BCUT2D eigenvalue weighted by Gasteiger charge is -2.34. The average molecular weight is 279 g/mol. The fourth-order valence-corrected chi connectivity index (χ4v) is 4.07. The van der Waals surface area contributed by atoms with Gasteiger partial charge in [-0.25, -0.2) is 4.79 Å². The van der Waals surface area contributed by atoms with Gasteiger partial charge in [0.15, 0.2) is 0 Å². The van der Waals surface area contributed by atoms with E-state index in [0.717, 1.165) is 12.5 Å². The Labute approximate surface area is 120 Å². The number of urea groups is 1. The largest absolute Gasteiger partial charge is 0.336 e. The fourth-order valence-electron chi connectivity index (χ4n) is 4.07. The summed E-state index contributed by atoms with van der Waals surface area (Å²) in [5.74, 6) is 0.745. The minimum absolute atomic E-state index is 0.0253. The fraction of sp³-hybridized carbons (Fsp3) is 0.867. The number of nitrogens with one attached hydrogen (secondary N) is 1. The molecule has 112 valence electrons. The zero-order valence-electron chi connectivity index (χ0n) is 12.1. The predicted molar refractivity (Wildman–Crippen MR) is 76.3 cm³/mol. The molecule has 1 unspecified atom stereocenters. The van der Waals surface area contributed by atoms with E-state index in [1.807, 2.05) is 0 Å². The first kappa shape index (κ1) is 13.9. The van der Waals surface area contributed by atoms with Crippen LogP contribution in [-0.2, 0) is 4.79 Å². The van der Waals surface area contributed by atoms with Crippen molar-refractivity contribution in [2.24, 2.45) is 5.92 Å². The molecule has 1 saturated carbocycles. The number of likely N-dealkylation sites (tertiary alicyclic amines) is 1.